The molecule has 0 aliphatic heterocycles. The minimum absolute atomic E-state index is 0.0570. The molecule has 0 radical (unpaired) electrons. The predicted molar refractivity (Wildman–Crippen MR) is 92.2 cm³/mol. The summed E-state index contributed by atoms with van der Waals surface area (Å²) in [5, 5.41) is 3.16. The van der Waals surface area contributed by atoms with Gasteiger partial charge in [-0.15, -0.1) is 0 Å². The molecule has 0 atom stereocenters. The molecule has 6 nitrogen and oxygen atoms in total. The van der Waals surface area contributed by atoms with Crippen LogP contribution in [0.1, 0.15) is 18.4 Å². The molecule has 0 amide bonds. The van der Waals surface area contributed by atoms with Gasteiger partial charge in [0.2, 0.25) is 5.88 Å². The van der Waals surface area contributed by atoms with Gasteiger partial charge in [0.25, 0.3) is 0 Å². The molecule has 1 N–H and O–H groups in total. The maximum atomic E-state index is 12.2. The van der Waals surface area contributed by atoms with Gasteiger partial charge >= 0.3 is 6.18 Å². The van der Waals surface area contributed by atoms with Gasteiger partial charge in [-0.2, -0.15) is 13.2 Å². The standard InChI is InChI=1S/C17H25F3N4O2/c1-21-16(24(2)7-8-25-11-13-3-4-13)23-10-14-5-6-22-15(9-14)26-12-17(18,19)20/h5-6,9,13H,3-4,7-8,10-12H2,1-2H3,(H,21,23). The van der Waals surface area contributed by atoms with Gasteiger partial charge in [0.15, 0.2) is 12.6 Å². The lowest BCUT2D eigenvalue weighted by Crippen LogP contribution is -2.40. The highest BCUT2D eigenvalue weighted by Crippen LogP contribution is 2.28. The van der Waals surface area contributed by atoms with E-state index in [1.807, 2.05) is 11.9 Å². The van der Waals surface area contributed by atoms with Gasteiger partial charge in [0, 0.05) is 46.1 Å². The summed E-state index contributed by atoms with van der Waals surface area (Å²) in [4.78, 5) is 9.93. The first kappa shape index (κ1) is 20.3. The molecule has 146 valence electrons. The monoisotopic (exact) mass is 374 g/mol. The van der Waals surface area contributed by atoms with E-state index in [4.69, 9.17) is 4.74 Å². The zero-order valence-corrected chi connectivity index (χ0v) is 15.1. The molecule has 1 aromatic heterocycles. The van der Waals surface area contributed by atoms with E-state index in [-0.39, 0.29) is 5.88 Å². The number of nitrogens with one attached hydrogen (secondary N) is 1. The van der Waals surface area contributed by atoms with Gasteiger partial charge in [-0.3, -0.25) is 4.99 Å². The molecular weight excluding hydrogens is 349 g/mol. The van der Waals surface area contributed by atoms with Crippen molar-refractivity contribution in [2.24, 2.45) is 10.9 Å². The van der Waals surface area contributed by atoms with Crippen molar-refractivity contribution in [2.45, 2.75) is 25.6 Å². The third-order valence-corrected chi connectivity index (χ3v) is 3.83. The largest absolute Gasteiger partial charge is 0.468 e. The van der Waals surface area contributed by atoms with Crippen molar-refractivity contribution in [3.05, 3.63) is 23.9 Å². The Kier molecular flexibility index (Phi) is 7.50. The zero-order chi connectivity index (χ0) is 19.0. The number of alkyl halides is 3. The molecule has 1 heterocycles. The number of rotatable bonds is 9. The fourth-order valence-electron chi connectivity index (χ4n) is 2.20. The number of aliphatic imine (C=N–C) groups is 1. The number of guanidine groups is 1. The van der Waals surface area contributed by atoms with Crippen LogP contribution in [0.15, 0.2) is 23.3 Å². The number of hydrogen-bond acceptors (Lipinski definition) is 4. The normalized spacial score (nSPS) is 15.0. The molecule has 1 saturated carbocycles. The molecular formula is C17H25F3N4O2. The smallest absolute Gasteiger partial charge is 0.422 e. The highest BCUT2D eigenvalue weighted by atomic mass is 19.4. The van der Waals surface area contributed by atoms with Gasteiger partial charge in [-0.1, -0.05) is 0 Å². The highest BCUT2D eigenvalue weighted by molar-refractivity contribution is 5.79. The summed E-state index contributed by atoms with van der Waals surface area (Å²) >= 11 is 0. The number of hydrogen-bond donors (Lipinski definition) is 1. The second-order valence-corrected chi connectivity index (χ2v) is 6.25. The number of ether oxygens (including phenoxy) is 2. The Labute approximate surface area is 151 Å². The van der Waals surface area contributed by atoms with E-state index >= 15 is 0 Å². The molecule has 1 aromatic rings. The van der Waals surface area contributed by atoms with E-state index in [2.05, 4.69) is 20.0 Å². The van der Waals surface area contributed by atoms with Crippen LogP contribution < -0.4 is 10.1 Å². The van der Waals surface area contributed by atoms with E-state index in [0.29, 0.717) is 25.7 Å². The Morgan fingerprint density at radius 3 is 2.85 bits per heavy atom. The van der Waals surface area contributed by atoms with E-state index in [0.717, 1.165) is 18.1 Å². The van der Waals surface area contributed by atoms with Gasteiger partial charge in [-0.05, 0) is 30.4 Å². The fourth-order valence-corrected chi connectivity index (χ4v) is 2.20. The lowest BCUT2D eigenvalue weighted by atomic mass is 10.2. The van der Waals surface area contributed by atoms with Gasteiger partial charge in [-0.25, -0.2) is 4.98 Å². The first-order chi connectivity index (χ1) is 12.4. The predicted octanol–water partition coefficient (Wildman–Crippen LogP) is 2.46. The van der Waals surface area contributed by atoms with Crippen molar-refractivity contribution in [3.8, 4) is 5.88 Å². The third kappa shape index (κ3) is 7.90. The first-order valence-corrected chi connectivity index (χ1v) is 8.51. The van der Waals surface area contributed by atoms with E-state index in [9.17, 15) is 13.2 Å². The average molecular weight is 374 g/mol. The Hall–Kier alpha value is -2.03. The molecule has 2 rings (SSSR count). The Balaban J connectivity index is 1.75. The van der Waals surface area contributed by atoms with Crippen LogP contribution in [0.2, 0.25) is 0 Å². The minimum Gasteiger partial charge on any atom is -0.468 e. The highest BCUT2D eigenvalue weighted by Gasteiger charge is 2.28. The molecule has 0 bridgehead atoms. The zero-order valence-electron chi connectivity index (χ0n) is 15.1. The van der Waals surface area contributed by atoms with Gasteiger partial charge in [0.1, 0.15) is 0 Å². The van der Waals surface area contributed by atoms with Crippen LogP contribution in [0.3, 0.4) is 0 Å². The molecule has 0 saturated heterocycles. The maximum Gasteiger partial charge on any atom is 0.422 e. The SMILES string of the molecule is CN=C(NCc1ccnc(OCC(F)(F)F)c1)N(C)CCOCC1CC1. The van der Waals surface area contributed by atoms with Crippen molar-refractivity contribution in [3.63, 3.8) is 0 Å². The van der Waals surface area contributed by atoms with Crippen molar-refractivity contribution >= 4 is 5.96 Å². The fraction of sp³-hybridized carbons (Fsp3) is 0.647. The summed E-state index contributed by atoms with van der Waals surface area (Å²) < 4.78 is 46.9. The van der Waals surface area contributed by atoms with Crippen LogP contribution in [-0.2, 0) is 11.3 Å². The second-order valence-electron chi connectivity index (χ2n) is 6.25. The number of likely N-dealkylation sites (N-methyl/N-ethyl adjacent to an activating group) is 1. The van der Waals surface area contributed by atoms with Crippen molar-refractivity contribution in [2.75, 3.05) is 40.5 Å². The van der Waals surface area contributed by atoms with Crippen LogP contribution in [0.4, 0.5) is 13.2 Å². The number of pyridine rings is 1. The molecule has 1 aliphatic rings. The third-order valence-electron chi connectivity index (χ3n) is 3.83. The van der Waals surface area contributed by atoms with Crippen molar-refractivity contribution in [1.82, 2.24) is 15.2 Å². The Morgan fingerprint density at radius 2 is 2.19 bits per heavy atom. The van der Waals surface area contributed by atoms with E-state index in [1.54, 1.807) is 13.1 Å². The summed E-state index contributed by atoms with van der Waals surface area (Å²) in [5.74, 6) is 1.35. The van der Waals surface area contributed by atoms with Crippen LogP contribution in [-0.4, -0.2) is 62.5 Å². The number of aromatic nitrogens is 1. The van der Waals surface area contributed by atoms with Crippen LogP contribution >= 0.6 is 0 Å². The van der Waals surface area contributed by atoms with Crippen molar-refractivity contribution in [1.29, 1.82) is 0 Å². The lowest BCUT2D eigenvalue weighted by molar-refractivity contribution is -0.154. The Morgan fingerprint density at radius 1 is 1.42 bits per heavy atom. The molecule has 9 heteroatoms. The first-order valence-electron chi connectivity index (χ1n) is 8.51. The van der Waals surface area contributed by atoms with Crippen molar-refractivity contribution < 1.29 is 22.6 Å². The van der Waals surface area contributed by atoms with Crippen LogP contribution in [0, 0.1) is 5.92 Å². The second kappa shape index (κ2) is 9.61. The summed E-state index contributed by atoms with van der Waals surface area (Å²) in [6, 6.07) is 3.18. The number of halogens is 3. The lowest BCUT2D eigenvalue weighted by Gasteiger charge is -2.22. The minimum atomic E-state index is -4.39. The van der Waals surface area contributed by atoms with E-state index < -0.39 is 12.8 Å². The molecule has 26 heavy (non-hydrogen) atoms. The molecule has 0 unspecified atom stereocenters. The van der Waals surface area contributed by atoms with Gasteiger partial charge in [0.05, 0.1) is 6.61 Å². The van der Waals surface area contributed by atoms with Crippen LogP contribution in [0.25, 0.3) is 0 Å². The summed E-state index contributed by atoms with van der Waals surface area (Å²) in [5.41, 5.74) is 0.747. The quantitative estimate of drug-likeness (QED) is 0.409. The summed E-state index contributed by atoms with van der Waals surface area (Å²) in [6.45, 7) is 1.17. The average Bonchev–Trinajstić information content (AvgIpc) is 3.41. The molecule has 1 aliphatic carbocycles. The molecule has 0 aromatic carbocycles. The summed E-state index contributed by atoms with van der Waals surface area (Å²) in [6.07, 6.45) is -0.442. The Bertz CT molecular complexity index is 592. The van der Waals surface area contributed by atoms with Gasteiger partial charge < -0.3 is 19.7 Å². The maximum absolute atomic E-state index is 12.2. The number of nitrogens with zero attached hydrogens (tertiary/aromatic N) is 3. The topological polar surface area (TPSA) is 59.0 Å². The van der Waals surface area contributed by atoms with E-state index in [1.165, 1.54) is 25.1 Å². The molecule has 1 fully saturated rings. The molecule has 0 spiro atoms. The summed E-state index contributed by atoms with van der Waals surface area (Å²) in [7, 11) is 3.58. The van der Waals surface area contributed by atoms with Crippen LogP contribution in [0.5, 0.6) is 5.88 Å².